The van der Waals surface area contributed by atoms with E-state index in [1.807, 2.05) is 31.2 Å². The summed E-state index contributed by atoms with van der Waals surface area (Å²) in [5.74, 6) is 0.878. The second kappa shape index (κ2) is 6.97. The number of nitrogens with two attached hydrogens (primary N) is 1. The van der Waals surface area contributed by atoms with E-state index in [1.54, 1.807) is 7.11 Å². The number of nitrogen functional groups attached to an aromatic ring is 1. The first-order chi connectivity index (χ1) is 8.17. The molecule has 3 nitrogen and oxygen atoms in total. The molecule has 2 N–H and O–H groups in total. The second-order valence-corrected chi connectivity index (χ2v) is 4.07. The first-order valence-electron chi connectivity index (χ1n) is 5.82. The zero-order valence-electron chi connectivity index (χ0n) is 10.6. The van der Waals surface area contributed by atoms with Crippen molar-refractivity contribution in [3.05, 3.63) is 36.4 Å². The number of hydrogen-bond acceptors (Lipinski definition) is 3. The largest absolute Gasteiger partial charge is 0.490 e. The lowest BCUT2D eigenvalue weighted by Crippen LogP contribution is -2.15. The van der Waals surface area contributed by atoms with Gasteiger partial charge in [-0.15, -0.1) is 6.58 Å². The molecule has 1 atom stereocenters. The van der Waals surface area contributed by atoms with E-state index in [0.29, 0.717) is 6.61 Å². The van der Waals surface area contributed by atoms with E-state index in [9.17, 15) is 0 Å². The van der Waals surface area contributed by atoms with E-state index in [2.05, 4.69) is 6.58 Å². The summed E-state index contributed by atoms with van der Waals surface area (Å²) in [5, 5.41) is 0. The van der Waals surface area contributed by atoms with Crippen LogP contribution in [0, 0.1) is 0 Å². The molecule has 0 radical (unpaired) electrons. The maximum absolute atomic E-state index is 5.87. The van der Waals surface area contributed by atoms with Gasteiger partial charge in [-0.1, -0.05) is 6.08 Å². The lowest BCUT2D eigenvalue weighted by Gasteiger charge is -2.17. The Morgan fingerprint density at radius 1 is 1.47 bits per heavy atom. The second-order valence-electron chi connectivity index (χ2n) is 4.07. The van der Waals surface area contributed by atoms with Crippen molar-refractivity contribution >= 4 is 5.69 Å². The van der Waals surface area contributed by atoms with Crippen LogP contribution >= 0.6 is 0 Å². The molecule has 94 valence electrons. The Hall–Kier alpha value is -1.48. The summed E-state index contributed by atoms with van der Waals surface area (Å²) in [6, 6.07) is 5.70. The molecule has 1 aromatic rings. The molecular weight excluding hydrogens is 214 g/mol. The van der Waals surface area contributed by atoms with Gasteiger partial charge in [-0.2, -0.15) is 0 Å². The Kier molecular flexibility index (Phi) is 5.57. The van der Waals surface area contributed by atoms with Gasteiger partial charge in [0, 0.05) is 25.8 Å². The Bertz CT molecular complexity index is 363. The zero-order valence-corrected chi connectivity index (χ0v) is 10.6. The van der Waals surface area contributed by atoms with E-state index in [-0.39, 0.29) is 6.10 Å². The molecule has 0 aliphatic carbocycles. The minimum absolute atomic E-state index is 0.127. The third-order valence-electron chi connectivity index (χ3n) is 2.51. The van der Waals surface area contributed by atoms with Crippen LogP contribution in [-0.4, -0.2) is 19.8 Å². The average Bonchev–Trinajstić information content (AvgIpc) is 2.30. The van der Waals surface area contributed by atoms with Crippen molar-refractivity contribution in [3.8, 4) is 5.75 Å². The SMILES string of the molecule is C=CCc1cc(N)ccc1OC(C)CCOC. The Morgan fingerprint density at radius 3 is 2.88 bits per heavy atom. The van der Waals surface area contributed by atoms with E-state index < -0.39 is 0 Å². The highest BCUT2D eigenvalue weighted by molar-refractivity contribution is 5.48. The molecule has 3 heteroatoms. The zero-order chi connectivity index (χ0) is 12.7. The lowest BCUT2D eigenvalue weighted by atomic mass is 10.1. The third kappa shape index (κ3) is 4.49. The summed E-state index contributed by atoms with van der Waals surface area (Å²) in [6.07, 6.45) is 3.61. The van der Waals surface area contributed by atoms with Gasteiger partial charge in [-0.05, 0) is 37.1 Å². The van der Waals surface area contributed by atoms with Crippen LogP contribution in [0.3, 0.4) is 0 Å². The van der Waals surface area contributed by atoms with Crippen molar-refractivity contribution in [2.75, 3.05) is 19.5 Å². The van der Waals surface area contributed by atoms with Crippen LogP contribution in [0.1, 0.15) is 18.9 Å². The summed E-state index contributed by atoms with van der Waals surface area (Å²) < 4.78 is 10.9. The monoisotopic (exact) mass is 235 g/mol. The van der Waals surface area contributed by atoms with Crippen molar-refractivity contribution in [2.24, 2.45) is 0 Å². The molecule has 0 aliphatic rings. The van der Waals surface area contributed by atoms with Gasteiger partial charge in [0.1, 0.15) is 5.75 Å². The summed E-state index contributed by atoms with van der Waals surface area (Å²) >= 11 is 0. The molecule has 0 amide bonds. The Balaban J connectivity index is 2.71. The molecule has 17 heavy (non-hydrogen) atoms. The van der Waals surface area contributed by atoms with E-state index in [0.717, 1.165) is 29.8 Å². The summed E-state index contributed by atoms with van der Waals surface area (Å²) in [6.45, 7) is 6.48. The molecule has 0 saturated heterocycles. The van der Waals surface area contributed by atoms with Crippen molar-refractivity contribution in [1.82, 2.24) is 0 Å². The summed E-state index contributed by atoms with van der Waals surface area (Å²) in [5.41, 5.74) is 7.58. The Labute approximate surface area is 103 Å². The van der Waals surface area contributed by atoms with Gasteiger partial charge in [-0.25, -0.2) is 0 Å². The van der Waals surface area contributed by atoms with Crippen LogP contribution in [-0.2, 0) is 11.2 Å². The van der Waals surface area contributed by atoms with Crippen LogP contribution in [0.15, 0.2) is 30.9 Å². The molecule has 0 aromatic heterocycles. The fraction of sp³-hybridized carbons (Fsp3) is 0.429. The fourth-order valence-corrected chi connectivity index (χ4v) is 1.59. The predicted molar refractivity (Wildman–Crippen MR) is 71.3 cm³/mol. The minimum atomic E-state index is 0.127. The van der Waals surface area contributed by atoms with Crippen LogP contribution in [0.5, 0.6) is 5.75 Å². The first-order valence-corrected chi connectivity index (χ1v) is 5.82. The number of allylic oxidation sites excluding steroid dienone is 1. The van der Waals surface area contributed by atoms with E-state index >= 15 is 0 Å². The molecule has 1 rings (SSSR count). The number of hydrogen-bond donors (Lipinski definition) is 1. The van der Waals surface area contributed by atoms with Crippen LogP contribution in [0.25, 0.3) is 0 Å². The molecule has 0 spiro atoms. The molecule has 0 aliphatic heterocycles. The van der Waals surface area contributed by atoms with Gasteiger partial charge in [-0.3, -0.25) is 0 Å². The topological polar surface area (TPSA) is 44.5 Å². The smallest absolute Gasteiger partial charge is 0.123 e. The van der Waals surface area contributed by atoms with Gasteiger partial charge >= 0.3 is 0 Å². The standard InChI is InChI=1S/C14H21NO2/c1-4-5-12-10-13(15)6-7-14(12)17-11(2)8-9-16-3/h4,6-7,10-11H,1,5,8-9,15H2,2-3H3. The summed E-state index contributed by atoms with van der Waals surface area (Å²) in [4.78, 5) is 0. The third-order valence-corrected chi connectivity index (χ3v) is 2.51. The molecule has 0 bridgehead atoms. The highest BCUT2D eigenvalue weighted by Gasteiger charge is 2.08. The summed E-state index contributed by atoms with van der Waals surface area (Å²) in [7, 11) is 1.69. The van der Waals surface area contributed by atoms with Gasteiger partial charge in [0.15, 0.2) is 0 Å². The van der Waals surface area contributed by atoms with Crippen molar-refractivity contribution in [2.45, 2.75) is 25.9 Å². The number of rotatable bonds is 7. The maximum Gasteiger partial charge on any atom is 0.123 e. The quantitative estimate of drug-likeness (QED) is 0.584. The average molecular weight is 235 g/mol. The van der Waals surface area contributed by atoms with Gasteiger partial charge in [0.05, 0.1) is 6.10 Å². The highest BCUT2D eigenvalue weighted by Crippen LogP contribution is 2.23. The number of benzene rings is 1. The fourth-order valence-electron chi connectivity index (χ4n) is 1.59. The van der Waals surface area contributed by atoms with Crippen LogP contribution < -0.4 is 10.5 Å². The van der Waals surface area contributed by atoms with Gasteiger partial charge in [0.2, 0.25) is 0 Å². The predicted octanol–water partition coefficient (Wildman–Crippen LogP) is 2.80. The number of ether oxygens (including phenoxy) is 2. The van der Waals surface area contributed by atoms with E-state index in [1.165, 1.54) is 0 Å². The van der Waals surface area contributed by atoms with Crippen LogP contribution in [0.2, 0.25) is 0 Å². The first kappa shape index (κ1) is 13.6. The van der Waals surface area contributed by atoms with Crippen molar-refractivity contribution in [3.63, 3.8) is 0 Å². The molecule has 0 heterocycles. The normalized spacial score (nSPS) is 12.1. The molecular formula is C14H21NO2. The van der Waals surface area contributed by atoms with Gasteiger partial charge < -0.3 is 15.2 Å². The molecule has 1 aromatic carbocycles. The number of methoxy groups -OCH3 is 1. The molecule has 1 unspecified atom stereocenters. The van der Waals surface area contributed by atoms with Crippen molar-refractivity contribution < 1.29 is 9.47 Å². The lowest BCUT2D eigenvalue weighted by molar-refractivity contribution is 0.134. The number of anilines is 1. The highest BCUT2D eigenvalue weighted by atomic mass is 16.5. The van der Waals surface area contributed by atoms with Crippen molar-refractivity contribution in [1.29, 1.82) is 0 Å². The molecule has 0 saturated carbocycles. The van der Waals surface area contributed by atoms with Crippen LogP contribution in [0.4, 0.5) is 5.69 Å². The molecule has 0 fully saturated rings. The van der Waals surface area contributed by atoms with Gasteiger partial charge in [0.25, 0.3) is 0 Å². The Morgan fingerprint density at radius 2 is 2.24 bits per heavy atom. The van der Waals surface area contributed by atoms with E-state index in [4.69, 9.17) is 15.2 Å². The maximum atomic E-state index is 5.87. The minimum Gasteiger partial charge on any atom is -0.490 e.